The van der Waals surface area contributed by atoms with Gasteiger partial charge in [-0.1, -0.05) is 49.7 Å². The summed E-state index contributed by atoms with van der Waals surface area (Å²) in [5.74, 6) is -0.321. The summed E-state index contributed by atoms with van der Waals surface area (Å²) in [5, 5.41) is 2.79. The Balaban J connectivity index is 2.03. The average Bonchev–Trinajstić information content (AvgIpc) is 2.61. The Hall–Kier alpha value is -2.25. The number of aryl methyl sites for hydroxylation is 1. The molecule has 1 amide bonds. The number of nitrogens with one attached hydrogen (secondary N) is 2. The van der Waals surface area contributed by atoms with Crippen molar-refractivity contribution < 1.29 is 13.2 Å². The lowest BCUT2D eigenvalue weighted by Gasteiger charge is -2.20. The minimum atomic E-state index is -3.64. The SMILES string of the molecule is Cc1ccc(CS(=O)(=O)N[C@@H](CC(C)C)C(=O)NCc2cccnc2)cc1. The van der Waals surface area contributed by atoms with Crippen LogP contribution in [0.3, 0.4) is 0 Å². The minimum absolute atomic E-state index is 0.155. The molecule has 0 aliphatic rings. The van der Waals surface area contributed by atoms with Crippen LogP contribution in [0.2, 0.25) is 0 Å². The summed E-state index contributed by atoms with van der Waals surface area (Å²) in [7, 11) is -3.64. The summed E-state index contributed by atoms with van der Waals surface area (Å²) in [6, 6.07) is 10.2. The molecule has 0 spiro atoms. The Labute approximate surface area is 161 Å². The molecule has 0 fully saturated rings. The molecule has 146 valence electrons. The van der Waals surface area contributed by atoms with Gasteiger partial charge in [0.15, 0.2) is 0 Å². The highest BCUT2D eigenvalue weighted by molar-refractivity contribution is 7.88. The van der Waals surface area contributed by atoms with Crippen molar-refractivity contribution in [1.29, 1.82) is 0 Å². The van der Waals surface area contributed by atoms with Crippen molar-refractivity contribution in [2.75, 3.05) is 0 Å². The molecule has 0 saturated heterocycles. The van der Waals surface area contributed by atoms with Gasteiger partial charge >= 0.3 is 0 Å². The number of hydrogen-bond acceptors (Lipinski definition) is 4. The minimum Gasteiger partial charge on any atom is -0.351 e. The van der Waals surface area contributed by atoms with Gasteiger partial charge in [0, 0.05) is 18.9 Å². The van der Waals surface area contributed by atoms with Crippen LogP contribution in [0.15, 0.2) is 48.8 Å². The Bertz CT molecular complexity index is 835. The monoisotopic (exact) mass is 389 g/mol. The first kappa shape index (κ1) is 21.1. The van der Waals surface area contributed by atoms with Gasteiger partial charge in [0.2, 0.25) is 15.9 Å². The number of benzene rings is 1. The highest BCUT2D eigenvalue weighted by Gasteiger charge is 2.25. The Morgan fingerprint density at radius 2 is 1.81 bits per heavy atom. The number of pyridine rings is 1. The maximum absolute atomic E-state index is 12.6. The molecule has 1 atom stereocenters. The number of carbonyl (C=O) groups is 1. The molecule has 2 N–H and O–H groups in total. The highest BCUT2D eigenvalue weighted by atomic mass is 32.2. The maximum atomic E-state index is 12.6. The van der Waals surface area contributed by atoms with Crippen molar-refractivity contribution in [2.24, 2.45) is 5.92 Å². The molecule has 0 aliphatic carbocycles. The second-order valence-corrected chi connectivity index (χ2v) is 8.88. The normalized spacial score (nSPS) is 12.7. The van der Waals surface area contributed by atoms with Gasteiger partial charge in [-0.3, -0.25) is 9.78 Å². The van der Waals surface area contributed by atoms with Crippen LogP contribution < -0.4 is 10.0 Å². The summed E-state index contributed by atoms with van der Waals surface area (Å²) < 4.78 is 27.7. The summed E-state index contributed by atoms with van der Waals surface area (Å²) >= 11 is 0. The van der Waals surface area contributed by atoms with E-state index in [4.69, 9.17) is 0 Å². The third-order valence-electron chi connectivity index (χ3n) is 4.01. The predicted octanol–water partition coefficient (Wildman–Crippen LogP) is 2.54. The van der Waals surface area contributed by atoms with Crippen LogP contribution in [-0.4, -0.2) is 25.4 Å². The van der Waals surface area contributed by atoms with Gasteiger partial charge in [0.25, 0.3) is 0 Å². The van der Waals surface area contributed by atoms with E-state index in [0.29, 0.717) is 18.5 Å². The molecule has 0 aliphatic heterocycles. The van der Waals surface area contributed by atoms with Gasteiger partial charge in [-0.15, -0.1) is 0 Å². The van der Waals surface area contributed by atoms with Crippen molar-refractivity contribution in [2.45, 2.75) is 45.5 Å². The van der Waals surface area contributed by atoms with E-state index in [0.717, 1.165) is 11.1 Å². The number of carbonyl (C=O) groups excluding carboxylic acids is 1. The van der Waals surface area contributed by atoms with Crippen molar-refractivity contribution in [1.82, 2.24) is 15.0 Å². The fourth-order valence-corrected chi connectivity index (χ4v) is 4.01. The zero-order chi connectivity index (χ0) is 19.9. The molecule has 0 bridgehead atoms. The lowest BCUT2D eigenvalue weighted by Crippen LogP contribution is -2.47. The number of hydrogen-bond donors (Lipinski definition) is 2. The van der Waals surface area contributed by atoms with Gasteiger partial charge in [0.05, 0.1) is 5.75 Å². The second kappa shape index (κ2) is 9.62. The molecule has 0 radical (unpaired) electrons. The molecule has 2 aromatic rings. The molecule has 2 rings (SSSR count). The summed E-state index contributed by atoms with van der Waals surface area (Å²) in [4.78, 5) is 16.6. The van der Waals surface area contributed by atoms with Crippen molar-refractivity contribution in [3.8, 4) is 0 Å². The highest BCUT2D eigenvalue weighted by Crippen LogP contribution is 2.11. The Morgan fingerprint density at radius 1 is 1.11 bits per heavy atom. The van der Waals surface area contributed by atoms with E-state index in [1.54, 1.807) is 30.6 Å². The summed E-state index contributed by atoms with van der Waals surface area (Å²) in [6.45, 7) is 6.16. The molecular formula is C20H27N3O3S. The zero-order valence-electron chi connectivity index (χ0n) is 16.0. The lowest BCUT2D eigenvalue weighted by atomic mass is 10.0. The first-order chi connectivity index (χ1) is 12.7. The Kier molecular flexibility index (Phi) is 7.50. The van der Waals surface area contributed by atoms with E-state index in [1.807, 2.05) is 39.0 Å². The fraction of sp³-hybridized carbons (Fsp3) is 0.400. The fourth-order valence-electron chi connectivity index (χ4n) is 2.66. The molecule has 0 unspecified atom stereocenters. The smallest absolute Gasteiger partial charge is 0.238 e. The van der Waals surface area contributed by atoms with Gasteiger partial charge in [0.1, 0.15) is 6.04 Å². The molecule has 6 nitrogen and oxygen atoms in total. The second-order valence-electron chi connectivity index (χ2n) is 7.12. The van der Waals surface area contributed by atoms with Crippen LogP contribution in [0.5, 0.6) is 0 Å². The Morgan fingerprint density at radius 3 is 2.41 bits per heavy atom. The van der Waals surface area contributed by atoms with Crippen LogP contribution in [-0.2, 0) is 27.1 Å². The van der Waals surface area contributed by atoms with Crippen molar-refractivity contribution >= 4 is 15.9 Å². The molecule has 7 heteroatoms. The number of nitrogens with zero attached hydrogens (tertiary/aromatic N) is 1. The van der Waals surface area contributed by atoms with Crippen LogP contribution in [0.1, 0.15) is 37.0 Å². The molecule has 27 heavy (non-hydrogen) atoms. The molecular weight excluding hydrogens is 362 g/mol. The van der Waals surface area contributed by atoms with E-state index in [1.165, 1.54) is 0 Å². The van der Waals surface area contributed by atoms with Crippen molar-refractivity contribution in [3.05, 3.63) is 65.5 Å². The lowest BCUT2D eigenvalue weighted by molar-refractivity contribution is -0.123. The van der Waals surface area contributed by atoms with Crippen LogP contribution in [0.25, 0.3) is 0 Å². The quantitative estimate of drug-likeness (QED) is 0.690. The first-order valence-electron chi connectivity index (χ1n) is 8.97. The van der Waals surface area contributed by atoms with Gasteiger partial charge in [-0.2, -0.15) is 0 Å². The molecule has 1 aromatic heterocycles. The van der Waals surface area contributed by atoms with Gasteiger partial charge < -0.3 is 5.32 Å². The molecule has 1 aromatic carbocycles. The standard InChI is InChI=1S/C20H27N3O3S/c1-15(2)11-19(20(24)22-13-18-5-4-10-21-12-18)23-27(25,26)14-17-8-6-16(3)7-9-17/h4-10,12,15,19,23H,11,13-14H2,1-3H3,(H,22,24)/t19-/m0/s1. The molecule has 0 saturated carbocycles. The number of aromatic nitrogens is 1. The van der Waals surface area contributed by atoms with Gasteiger partial charge in [-0.25, -0.2) is 13.1 Å². The van der Waals surface area contributed by atoms with E-state index in [9.17, 15) is 13.2 Å². The number of sulfonamides is 1. The number of rotatable bonds is 9. The van der Waals surface area contributed by atoms with Crippen LogP contribution in [0.4, 0.5) is 0 Å². The summed E-state index contributed by atoms with van der Waals surface area (Å²) in [6.07, 6.45) is 3.75. The van der Waals surface area contributed by atoms with E-state index < -0.39 is 16.1 Å². The predicted molar refractivity (Wildman–Crippen MR) is 106 cm³/mol. The van der Waals surface area contributed by atoms with Crippen LogP contribution >= 0.6 is 0 Å². The average molecular weight is 390 g/mol. The molecule has 1 heterocycles. The third kappa shape index (κ3) is 7.48. The zero-order valence-corrected chi connectivity index (χ0v) is 16.8. The topological polar surface area (TPSA) is 88.2 Å². The largest absolute Gasteiger partial charge is 0.351 e. The number of amides is 1. The first-order valence-corrected chi connectivity index (χ1v) is 10.6. The van der Waals surface area contributed by atoms with Crippen molar-refractivity contribution in [3.63, 3.8) is 0 Å². The van der Waals surface area contributed by atoms with E-state index in [-0.39, 0.29) is 17.6 Å². The third-order valence-corrected chi connectivity index (χ3v) is 5.37. The van der Waals surface area contributed by atoms with Gasteiger partial charge in [-0.05, 0) is 36.5 Å². The summed E-state index contributed by atoms with van der Waals surface area (Å²) in [5.41, 5.74) is 2.61. The van der Waals surface area contributed by atoms with E-state index >= 15 is 0 Å². The van der Waals surface area contributed by atoms with E-state index in [2.05, 4.69) is 15.0 Å². The van der Waals surface area contributed by atoms with Crippen LogP contribution in [0, 0.1) is 12.8 Å². The maximum Gasteiger partial charge on any atom is 0.238 e.